The highest BCUT2D eigenvalue weighted by molar-refractivity contribution is 6.05. The number of hydrogen-bond acceptors (Lipinski definition) is 4. The Kier molecular flexibility index (Phi) is 4.28. The number of amides is 1. The zero-order valence-electron chi connectivity index (χ0n) is 9.58. The van der Waals surface area contributed by atoms with Crippen LogP contribution in [-0.2, 0) is 4.79 Å². The molecule has 88 valence electrons. The quantitative estimate of drug-likeness (QED) is 0.453. The van der Waals surface area contributed by atoms with E-state index in [2.05, 4.69) is 5.18 Å². The molecule has 0 heterocycles. The molecule has 0 aliphatic rings. The van der Waals surface area contributed by atoms with Gasteiger partial charge in [0.05, 0.1) is 6.20 Å². The van der Waals surface area contributed by atoms with Crippen molar-refractivity contribution in [1.29, 1.82) is 0 Å². The van der Waals surface area contributed by atoms with Gasteiger partial charge in [0.15, 0.2) is 5.78 Å². The molecule has 0 fully saturated rings. The van der Waals surface area contributed by atoms with Gasteiger partial charge >= 0.3 is 0 Å². The lowest BCUT2D eigenvalue weighted by molar-refractivity contribution is -0.116. The maximum atomic E-state index is 11.6. The number of carbonyl (C=O) groups excluding carboxylic acids is 2. The Balaban J connectivity index is 3.00. The van der Waals surface area contributed by atoms with E-state index in [4.69, 9.17) is 0 Å². The van der Waals surface area contributed by atoms with E-state index in [9.17, 15) is 14.5 Å². The minimum absolute atomic E-state index is 0.125. The van der Waals surface area contributed by atoms with E-state index in [0.29, 0.717) is 11.3 Å². The van der Waals surface area contributed by atoms with Gasteiger partial charge in [-0.1, -0.05) is 12.1 Å². The fraction of sp³-hybridized carbons (Fsp3) is 0.167. The summed E-state index contributed by atoms with van der Waals surface area (Å²) in [6, 6.07) is 6.58. The van der Waals surface area contributed by atoms with Crippen LogP contribution in [0.25, 0.3) is 0 Å². The molecule has 0 bridgehead atoms. The molecule has 0 atom stereocenters. The van der Waals surface area contributed by atoms with Crippen LogP contribution in [0, 0.1) is 4.91 Å². The number of benzene rings is 1. The van der Waals surface area contributed by atoms with Crippen LogP contribution < -0.4 is 4.90 Å². The molecule has 0 N–H and O–H groups in total. The van der Waals surface area contributed by atoms with Crippen LogP contribution in [0.1, 0.15) is 17.3 Å². The lowest BCUT2D eigenvalue weighted by Gasteiger charge is -2.15. The maximum absolute atomic E-state index is 11.6. The molecular formula is C12H12N2O3. The number of allylic oxidation sites excluding steroid dienone is 1. The largest absolute Gasteiger partial charge is 0.316 e. The molecular weight excluding hydrogens is 220 g/mol. The number of hydrogen-bond donors (Lipinski definition) is 0. The second-order valence-electron chi connectivity index (χ2n) is 3.41. The highest BCUT2D eigenvalue weighted by Crippen LogP contribution is 2.15. The van der Waals surface area contributed by atoms with Crippen LogP contribution in [0.3, 0.4) is 0 Å². The summed E-state index contributed by atoms with van der Waals surface area (Å²) < 4.78 is 0. The molecule has 0 saturated carbocycles. The summed E-state index contributed by atoms with van der Waals surface area (Å²) in [6.07, 6.45) is 1.98. The van der Waals surface area contributed by atoms with Crippen LogP contribution in [0.2, 0.25) is 0 Å². The molecule has 17 heavy (non-hydrogen) atoms. The lowest BCUT2D eigenvalue weighted by Crippen LogP contribution is -2.22. The van der Waals surface area contributed by atoms with Gasteiger partial charge in [-0.3, -0.25) is 9.59 Å². The van der Waals surface area contributed by atoms with E-state index in [1.165, 1.54) is 11.8 Å². The number of nitroso groups, excluding NO2 is 1. The minimum Gasteiger partial charge on any atom is -0.316 e. The minimum atomic E-state index is -0.330. The molecule has 0 unspecified atom stereocenters. The second-order valence-corrected chi connectivity index (χ2v) is 3.41. The van der Waals surface area contributed by atoms with Gasteiger partial charge < -0.3 is 4.90 Å². The Morgan fingerprint density at radius 2 is 2.06 bits per heavy atom. The van der Waals surface area contributed by atoms with E-state index >= 15 is 0 Å². The normalized spacial score (nSPS) is 10.2. The SMILES string of the molecule is CC(=O)N(C)c1cccc(C(=O)/C=C/N=O)c1. The van der Waals surface area contributed by atoms with Crippen molar-refractivity contribution in [3.05, 3.63) is 47.0 Å². The van der Waals surface area contributed by atoms with Crippen molar-refractivity contribution >= 4 is 17.4 Å². The Hall–Kier alpha value is -2.30. The van der Waals surface area contributed by atoms with Gasteiger partial charge in [0.25, 0.3) is 0 Å². The van der Waals surface area contributed by atoms with Crippen molar-refractivity contribution in [1.82, 2.24) is 0 Å². The molecule has 1 amide bonds. The number of rotatable bonds is 4. The summed E-state index contributed by atoms with van der Waals surface area (Å²) in [5.74, 6) is -0.455. The zero-order chi connectivity index (χ0) is 12.8. The lowest BCUT2D eigenvalue weighted by atomic mass is 10.1. The first-order valence-corrected chi connectivity index (χ1v) is 4.94. The first-order chi connectivity index (χ1) is 8.06. The van der Waals surface area contributed by atoms with Gasteiger partial charge in [-0.25, -0.2) is 0 Å². The number of nitrogens with zero attached hydrogens (tertiary/aromatic N) is 2. The molecule has 1 rings (SSSR count). The first-order valence-electron chi connectivity index (χ1n) is 4.94. The summed E-state index contributed by atoms with van der Waals surface area (Å²) in [5, 5.41) is 2.47. The average Bonchev–Trinajstić information content (AvgIpc) is 2.35. The fourth-order valence-corrected chi connectivity index (χ4v) is 1.24. The molecule has 5 heteroatoms. The molecule has 0 aliphatic carbocycles. The van der Waals surface area contributed by atoms with Crippen molar-refractivity contribution in [3.63, 3.8) is 0 Å². The smallest absolute Gasteiger partial charge is 0.223 e. The van der Waals surface area contributed by atoms with E-state index in [1.54, 1.807) is 31.3 Å². The number of carbonyl (C=O) groups is 2. The topological polar surface area (TPSA) is 66.8 Å². The summed E-state index contributed by atoms with van der Waals surface area (Å²) in [6.45, 7) is 1.44. The van der Waals surface area contributed by atoms with Crippen molar-refractivity contribution in [2.24, 2.45) is 5.18 Å². The first kappa shape index (κ1) is 12.8. The standard InChI is InChI=1S/C12H12N2O3/c1-9(15)14(2)11-5-3-4-10(8-11)12(16)6-7-13-17/h3-8H,1-2H3/b7-6+. The fourth-order valence-electron chi connectivity index (χ4n) is 1.24. The highest BCUT2D eigenvalue weighted by Gasteiger charge is 2.08. The van der Waals surface area contributed by atoms with Crippen LogP contribution in [0.15, 0.2) is 41.7 Å². The van der Waals surface area contributed by atoms with Gasteiger partial charge in [0.2, 0.25) is 5.91 Å². The predicted molar refractivity (Wildman–Crippen MR) is 64.8 cm³/mol. The Morgan fingerprint density at radius 1 is 1.35 bits per heavy atom. The van der Waals surface area contributed by atoms with Gasteiger partial charge in [0, 0.05) is 31.3 Å². The Morgan fingerprint density at radius 3 is 2.65 bits per heavy atom. The molecule has 1 aromatic carbocycles. The van der Waals surface area contributed by atoms with Gasteiger partial charge in [-0.2, -0.15) is 0 Å². The Bertz CT molecular complexity index is 480. The molecule has 0 aromatic heterocycles. The predicted octanol–water partition coefficient (Wildman–Crippen LogP) is 2.13. The molecule has 0 aliphatic heterocycles. The molecule has 0 radical (unpaired) electrons. The third-order valence-electron chi connectivity index (χ3n) is 2.28. The molecule has 1 aromatic rings. The van der Waals surface area contributed by atoms with E-state index in [1.807, 2.05) is 0 Å². The molecule has 0 spiro atoms. The van der Waals surface area contributed by atoms with Crippen LogP contribution in [0.5, 0.6) is 0 Å². The third-order valence-corrected chi connectivity index (χ3v) is 2.28. The summed E-state index contributed by atoms with van der Waals surface area (Å²) in [5.41, 5.74) is 1.02. The van der Waals surface area contributed by atoms with Crippen molar-refractivity contribution in [2.45, 2.75) is 6.92 Å². The maximum Gasteiger partial charge on any atom is 0.223 e. The monoisotopic (exact) mass is 232 g/mol. The summed E-state index contributed by atoms with van der Waals surface area (Å²) >= 11 is 0. The van der Waals surface area contributed by atoms with Gasteiger partial charge in [0.1, 0.15) is 0 Å². The van der Waals surface area contributed by atoms with E-state index in [-0.39, 0.29) is 11.7 Å². The average molecular weight is 232 g/mol. The van der Waals surface area contributed by atoms with Gasteiger partial charge in [-0.05, 0) is 17.3 Å². The van der Waals surface area contributed by atoms with E-state index < -0.39 is 0 Å². The second kappa shape index (κ2) is 5.69. The van der Waals surface area contributed by atoms with Crippen molar-refractivity contribution in [2.75, 3.05) is 11.9 Å². The third kappa shape index (κ3) is 3.34. The number of ketones is 1. The Labute approximate surface area is 98.7 Å². The molecule has 0 saturated heterocycles. The van der Waals surface area contributed by atoms with Crippen molar-refractivity contribution in [3.8, 4) is 0 Å². The zero-order valence-corrected chi connectivity index (χ0v) is 9.58. The van der Waals surface area contributed by atoms with Crippen LogP contribution in [-0.4, -0.2) is 18.7 Å². The van der Waals surface area contributed by atoms with Gasteiger partial charge in [-0.15, -0.1) is 4.91 Å². The van der Waals surface area contributed by atoms with E-state index in [0.717, 1.165) is 12.3 Å². The van der Waals surface area contributed by atoms with Crippen LogP contribution in [0.4, 0.5) is 5.69 Å². The highest BCUT2D eigenvalue weighted by atomic mass is 16.2. The van der Waals surface area contributed by atoms with Crippen molar-refractivity contribution < 1.29 is 9.59 Å². The molecule has 5 nitrogen and oxygen atoms in total. The summed E-state index contributed by atoms with van der Waals surface area (Å²) in [7, 11) is 1.62. The van der Waals surface area contributed by atoms with Crippen LogP contribution >= 0.6 is 0 Å². The summed E-state index contributed by atoms with van der Waals surface area (Å²) in [4.78, 5) is 34.0. The number of anilines is 1.